The first-order valence-corrected chi connectivity index (χ1v) is 13.3. The van der Waals surface area contributed by atoms with Crippen molar-refractivity contribution < 1.29 is 28.7 Å². The summed E-state index contributed by atoms with van der Waals surface area (Å²) >= 11 is 0. The Morgan fingerprint density at radius 2 is 1.61 bits per heavy atom. The summed E-state index contributed by atoms with van der Waals surface area (Å²) in [6, 6.07) is 18.3. The quantitative estimate of drug-likeness (QED) is 0.124. The van der Waals surface area contributed by atoms with Crippen molar-refractivity contribution in [3.8, 4) is 11.5 Å². The molecule has 4 rings (SSSR count). The van der Waals surface area contributed by atoms with E-state index in [0.717, 1.165) is 31.2 Å². The topological polar surface area (TPSA) is 135 Å². The van der Waals surface area contributed by atoms with Gasteiger partial charge in [-0.1, -0.05) is 49.1 Å². The van der Waals surface area contributed by atoms with Crippen LogP contribution >= 0.6 is 0 Å². The summed E-state index contributed by atoms with van der Waals surface area (Å²) < 4.78 is 10.8. The van der Waals surface area contributed by atoms with Crippen molar-refractivity contribution in [3.63, 3.8) is 0 Å². The number of nitrogens with zero attached hydrogens (tertiary/aromatic N) is 1. The first-order chi connectivity index (χ1) is 19.8. The number of rotatable bonds is 8. The number of hydrogen-bond donors (Lipinski definition) is 3. The highest BCUT2D eigenvalue weighted by Gasteiger charge is 2.21. The predicted molar refractivity (Wildman–Crippen MR) is 154 cm³/mol. The highest BCUT2D eigenvalue weighted by molar-refractivity contribution is 6.40. The molecule has 3 aromatic rings. The van der Waals surface area contributed by atoms with Gasteiger partial charge in [0.05, 0.1) is 30.1 Å². The smallest absolute Gasteiger partial charge is 0.343 e. The zero-order chi connectivity index (χ0) is 29.2. The minimum atomic E-state index is -1.01. The van der Waals surface area contributed by atoms with E-state index in [-0.39, 0.29) is 34.7 Å². The summed E-state index contributed by atoms with van der Waals surface area (Å²) in [6.07, 6.45) is 6.47. The second kappa shape index (κ2) is 13.9. The number of amides is 3. The molecule has 3 amide bonds. The highest BCUT2D eigenvalue weighted by atomic mass is 16.6. The number of carbonyl (C=O) groups excluding carboxylic acids is 4. The zero-order valence-electron chi connectivity index (χ0n) is 22.9. The lowest BCUT2D eigenvalue weighted by molar-refractivity contribution is -0.136. The van der Waals surface area contributed by atoms with E-state index in [0.29, 0.717) is 11.1 Å². The molecular formula is C31H32N4O6. The van der Waals surface area contributed by atoms with Crippen LogP contribution in [0.3, 0.4) is 0 Å². The van der Waals surface area contributed by atoms with Gasteiger partial charge >= 0.3 is 17.8 Å². The van der Waals surface area contributed by atoms with Gasteiger partial charge in [-0.15, -0.1) is 0 Å². The molecule has 1 aliphatic carbocycles. The molecular weight excluding hydrogens is 524 g/mol. The van der Waals surface area contributed by atoms with Crippen molar-refractivity contribution in [2.75, 3.05) is 12.4 Å². The number of methoxy groups -OCH3 is 1. The molecule has 3 aromatic carbocycles. The number of anilines is 1. The van der Waals surface area contributed by atoms with Crippen molar-refractivity contribution in [2.24, 2.45) is 5.10 Å². The number of hydrogen-bond acceptors (Lipinski definition) is 7. The van der Waals surface area contributed by atoms with Crippen molar-refractivity contribution in [1.29, 1.82) is 0 Å². The van der Waals surface area contributed by atoms with Gasteiger partial charge in [0, 0.05) is 6.04 Å². The van der Waals surface area contributed by atoms with E-state index in [1.54, 1.807) is 48.5 Å². The number of benzene rings is 3. The van der Waals surface area contributed by atoms with Gasteiger partial charge in [0.1, 0.15) is 0 Å². The van der Waals surface area contributed by atoms with Gasteiger partial charge in [0.25, 0.3) is 5.91 Å². The Kier molecular flexibility index (Phi) is 9.82. The van der Waals surface area contributed by atoms with Crippen molar-refractivity contribution >= 4 is 35.6 Å². The molecule has 0 aromatic heterocycles. The average Bonchev–Trinajstić information content (AvgIpc) is 2.98. The van der Waals surface area contributed by atoms with E-state index in [4.69, 9.17) is 9.47 Å². The van der Waals surface area contributed by atoms with Crippen LogP contribution in [0.2, 0.25) is 0 Å². The van der Waals surface area contributed by atoms with Crippen LogP contribution in [0.5, 0.6) is 11.5 Å². The SMILES string of the molecule is COc1cc(/C=N\NC(=O)C(=O)Nc2ccccc2C(=O)NC2CCCCC2)ccc1OC(=O)c1ccc(C)cc1. The molecule has 10 nitrogen and oxygen atoms in total. The number of aryl methyl sites for hydroxylation is 1. The minimum Gasteiger partial charge on any atom is -0.493 e. The Labute approximate surface area is 238 Å². The Morgan fingerprint density at radius 3 is 2.34 bits per heavy atom. The van der Waals surface area contributed by atoms with Gasteiger partial charge in [0.15, 0.2) is 11.5 Å². The van der Waals surface area contributed by atoms with Crippen LogP contribution in [0.1, 0.15) is 63.9 Å². The van der Waals surface area contributed by atoms with E-state index < -0.39 is 17.8 Å². The largest absolute Gasteiger partial charge is 0.493 e. The minimum absolute atomic E-state index is 0.102. The molecule has 1 aliphatic rings. The summed E-state index contributed by atoms with van der Waals surface area (Å²) in [7, 11) is 1.43. The molecule has 0 atom stereocenters. The molecule has 0 spiro atoms. The molecule has 1 fully saturated rings. The third-order valence-electron chi connectivity index (χ3n) is 6.62. The maximum Gasteiger partial charge on any atom is 0.343 e. The van der Waals surface area contributed by atoms with Crippen LogP contribution < -0.4 is 25.5 Å². The first kappa shape index (κ1) is 29.0. The number of para-hydroxylation sites is 1. The van der Waals surface area contributed by atoms with Crippen molar-refractivity contribution in [2.45, 2.75) is 45.1 Å². The van der Waals surface area contributed by atoms with E-state index >= 15 is 0 Å². The maximum absolute atomic E-state index is 12.8. The first-order valence-electron chi connectivity index (χ1n) is 13.3. The zero-order valence-corrected chi connectivity index (χ0v) is 22.9. The van der Waals surface area contributed by atoms with Crippen LogP contribution in [0.4, 0.5) is 5.69 Å². The lowest BCUT2D eigenvalue weighted by Gasteiger charge is -2.23. The molecule has 0 heterocycles. The lowest BCUT2D eigenvalue weighted by Crippen LogP contribution is -2.37. The summed E-state index contributed by atoms with van der Waals surface area (Å²) in [5.41, 5.74) is 4.61. The number of carbonyl (C=O) groups is 4. The van der Waals surface area contributed by atoms with Crippen LogP contribution in [-0.4, -0.2) is 43.1 Å². The number of esters is 1. The predicted octanol–water partition coefficient (Wildman–Crippen LogP) is 4.37. The maximum atomic E-state index is 12.8. The Hall–Kier alpha value is -4.99. The van der Waals surface area contributed by atoms with E-state index in [1.165, 1.54) is 25.8 Å². The van der Waals surface area contributed by atoms with Gasteiger partial charge < -0.3 is 20.1 Å². The molecule has 41 heavy (non-hydrogen) atoms. The van der Waals surface area contributed by atoms with Crippen LogP contribution in [0.25, 0.3) is 0 Å². The summed E-state index contributed by atoms with van der Waals surface area (Å²) in [5, 5.41) is 9.33. The van der Waals surface area contributed by atoms with Crippen LogP contribution in [0.15, 0.2) is 71.8 Å². The molecule has 3 N–H and O–H groups in total. The fourth-order valence-electron chi connectivity index (χ4n) is 4.39. The van der Waals surface area contributed by atoms with E-state index in [2.05, 4.69) is 21.2 Å². The standard InChI is InChI=1S/C31H32N4O6/c1-20-12-15-22(16-13-20)31(39)41-26-17-14-21(18-27(26)40-2)19-32-35-30(38)29(37)34-25-11-7-6-10-24(25)28(36)33-23-8-4-3-5-9-23/h6-7,10-19,23H,3-5,8-9H2,1-2H3,(H,33,36)(H,34,37)(H,35,38)/b32-19-. The normalized spacial score (nSPS) is 13.3. The van der Waals surface area contributed by atoms with Crippen molar-refractivity contribution in [1.82, 2.24) is 10.7 Å². The monoisotopic (exact) mass is 556 g/mol. The van der Waals surface area contributed by atoms with Gasteiger partial charge in [-0.3, -0.25) is 14.4 Å². The Bertz CT molecular complexity index is 1450. The Balaban J connectivity index is 1.33. The summed E-state index contributed by atoms with van der Waals surface area (Å²) in [6.45, 7) is 1.92. The van der Waals surface area contributed by atoms with Gasteiger partial charge in [-0.25, -0.2) is 10.2 Å². The molecule has 0 saturated heterocycles. The fraction of sp³-hybridized carbons (Fsp3) is 0.258. The third kappa shape index (κ3) is 8.01. The van der Waals surface area contributed by atoms with Gasteiger partial charge in [-0.05, 0) is 67.8 Å². The number of hydrazone groups is 1. The van der Waals surface area contributed by atoms with E-state index in [1.807, 2.05) is 19.1 Å². The third-order valence-corrected chi connectivity index (χ3v) is 6.62. The lowest BCUT2D eigenvalue weighted by atomic mass is 9.95. The van der Waals surface area contributed by atoms with Gasteiger partial charge in [-0.2, -0.15) is 5.10 Å². The molecule has 0 unspecified atom stereocenters. The molecule has 0 bridgehead atoms. The fourth-order valence-corrected chi connectivity index (χ4v) is 4.39. The second-order valence-electron chi connectivity index (χ2n) is 9.67. The number of ether oxygens (including phenoxy) is 2. The number of nitrogens with one attached hydrogen (secondary N) is 3. The summed E-state index contributed by atoms with van der Waals surface area (Å²) in [4.78, 5) is 50.1. The van der Waals surface area contributed by atoms with Gasteiger partial charge in [0.2, 0.25) is 0 Å². The van der Waals surface area contributed by atoms with E-state index in [9.17, 15) is 19.2 Å². The highest BCUT2D eigenvalue weighted by Crippen LogP contribution is 2.28. The molecule has 0 radical (unpaired) electrons. The molecule has 0 aliphatic heterocycles. The molecule has 10 heteroatoms. The average molecular weight is 557 g/mol. The van der Waals surface area contributed by atoms with Crippen LogP contribution in [0, 0.1) is 6.92 Å². The Morgan fingerprint density at radius 1 is 0.878 bits per heavy atom. The van der Waals surface area contributed by atoms with Crippen molar-refractivity contribution in [3.05, 3.63) is 89.0 Å². The molecule has 212 valence electrons. The summed E-state index contributed by atoms with van der Waals surface area (Å²) in [5.74, 6) is -2.33. The van der Waals surface area contributed by atoms with Crippen LogP contribution in [-0.2, 0) is 9.59 Å². The molecule has 1 saturated carbocycles. The second-order valence-corrected chi connectivity index (χ2v) is 9.67.